The third-order valence-electron chi connectivity index (χ3n) is 2.13. The van der Waals surface area contributed by atoms with Gasteiger partial charge in [-0.1, -0.05) is 11.6 Å². The quantitative estimate of drug-likeness (QED) is 0.858. The van der Waals surface area contributed by atoms with Gasteiger partial charge in [-0.2, -0.15) is 0 Å². The number of amides is 1. The number of rotatable bonds is 4. The minimum Gasteiger partial charge on any atom is -0.495 e. The van der Waals surface area contributed by atoms with Gasteiger partial charge < -0.3 is 15.2 Å². The molecule has 1 rings (SSSR count). The number of nitrogens with one attached hydrogen (secondary N) is 1. The number of aliphatic carboxylic acids is 1. The van der Waals surface area contributed by atoms with Crippen LogP contribution >= 0.6 is 11.6 Å². The number of carboxylic acid groups (broad SMARTS) is 1. The molecule has 0 radical (unpaired) electrons. The molecule has 1 aromatic carbocycles. The van der Waals surface area contributed by atoms with Gasteiger partial charge in [0.1, 0.15) is 11.8 Å². The van der Waals surface area contributed by atoms with Gasteiger partial charge in [0.15, 0.2) is 0 Å². The molecule has 0 fully saturated rings. The van der Waals surface area contributed by atoms with E-state index in [-0.39, 0.29) is 0 Å². The monoisotopic (exact) mass is 257 g/mol. The molecule has 1 atom stereocenters. The maximum atomic E-state index is 11.7. The van der Waals surface area contributed by atoms with Crippen molar-refractivity contribution >= 4 is 23.5 Å². The van der Waals surface area contributed by atoms with Crippen molar-refractivity contribution in [3.8, 4) is 5.75 Å². The number of carbonyl (C=O) groups is 2. The summed E-state index contributed by atoms with van der Waals surface area (Å²) in [6.07, 6.45) is 0. The molecule has 0 bridgehead atoms. The summed E-state index contributed by atoms with van der Waals surface area (Å²) in [5.41, 5.74) is 0.291. The van der Waals surface area contributed by atoms with E-state index in [4.69, 9.17) is 21.4 Å². The van der Waals surface area contributed by atoms with E-state index >= 15 is 0 Å². The number of benzene rings is 1. The lowest BCUT2D eigenvalue weighted by atomic mass is 10.2. The molecule has 0 aliphatic rings. The lowest BCUT2D eigenvalue weighted by molar-refractivity contribution is -0.138. The highest BCUT2D eigenvalue weighted by molar-refractivity contribution is 6.32. The molecule has 0 aliphatic carbocycles. The minimum atomic E-state index is -1.10. The molecule has 0 heterocycles. The van der Waals surface area contributed by atoms with Crippen LogP contribution in [0.25, 0.3) is 0 Å². The first kappa shape index (κ1) is 13.3. The fraction of sp³-hybridized carbons (Fsp3) is 0.273. The molecule has 17 heavy (non-hydrogen) atoms. The van der Waals surface area contributed by atoms with E-state index in [2.05, 4.69) is 5.32 Å². The van der Waals surface area contributed by atoms with Crippen molar-refractivity contribution in [2.45, 2.75) is 13.0 Å². The zero-order valence-electron chi connectivity index (χ0n) is 9.36. The number of hydrogen-bond donors (Lipinski definition) is 2. The predicted octanol–water partition coefficient (Wildman–Crippen LogP) is 1.55. The summed E-state index contributed by atoms with van der Waals surface area (Å²) in [5, 5.41) is 11.4. The lowest BCUT2D eigenvalue weighted by Gasteiger charge is -2.10. The van der Waals surface area contributed by atoms with E-state index in [1.165, 1.54) is 32.2 Å². The highest BCUT2D eigenvalue weighted by atomic mass is 35.5. The van der Waals surface area contributed by atoms with Crippen molar-refractivity contribution in [3.05, 3.63) is 28.8 Å². The number of hydrogen-bond acceptors (Lipinski definition) is 3. The summed E-state index contributed by atoms with van der Waals surface area (Å²) < 4.78 is 4.96. The topological polar surface area (TPSA) is 75.6 Å². The summed E-state index contributed by atoms with van der Waals surface area (Å²) >= 11 is 5.81. The average molecular weight is 258 g/mol. The van der Waals surface area contributed by atoms with Gasteiger partial charge in [-0.3, -0.25) is 9.59 Å². The Labute approximate surface area is 103 Å². The van der Waals surface area contributed by atoms with Crippen molar-refractivity contribution < 1.29 is 19.4 Å². The Kier molecular flexibility index (Phi) is 4.34. The third kappa shape index (κ3) is 3.35. The number of carbonyl (C=O) groups excluding carboxylic acids is 1. The molecule has 0 aromatic heterocycles. The summed E-state index contributed by atoms with van der Waals surface area (Å²) in [6, 6.07) is 3.51. The molecule has 6 heteroatoms. The van der Waals surface area contributed by atoms with Gasteiger partial charge >= 0.3 is 5.97 Å². The summed E-state index contributed by atoms with van der Waals surface area (Å²) in [7, 11) is 1.43. The Bertz CT molecular complexity index is 447. The summed E-state index contributed by atoms with van der Waals surface area (Å²) in [6.45, 7) is 1.38. The van der Waals surface area contributed by atoms with Crippen LogP contribution in [0.3, 0.4) is 0 Å². The second-order valence-electron chi connectivity index (χ2n) is 3.38. The van der Waals surface area contributed by atoms with Crippen LogP contribution in [0.5, 0.6) is 5.75 Å². The summed E-state index contributed by atoms with van der Waals surface area (Å²) in [4.78, 5) is 22.2. The molecule has 0 spiro atoms. The molecule has 1 amide bonds. The standard InChI is InChI=1S/C11H12ClNO4/c1-6(11(15)16)13-10(14)7-3-4-8(12)9(5-7)17-2/h3-6H,1-2H3,(H,13,14)(H,15,16). The van der Waals surface area contributed by atoms with Gasteiger partial charge in [0, 0.05) is 5.56 Å². The molecule has 92 valence electrons. The van der Waals surface area contributed by atoms with Crippen LogP contribution < -0.4 is 10.1 Å². The van der Waals surface area contributed by atoms with Crippen LogP contribution in [0.4, 0.5) is 0 Å². The first-order chi connectivity index (χ1) is 7.95. The molecule has 1 aromatic rings. The predicted molar refractivity (Wildman–Crippen MR) is 62.6 cm³/mol. The Hall–Kier alpha value is -1.75. The van der Waals surface area contributed by atoms with E-state index in [9.17, 15) is 9.59 Å². The highest BCUT2D eigenvalue weighted by Crippen LogP contribution is 2.24. The van der Waals surface area contributed by atoms with E-state index in [1.54, 1.807) is 0 Å². The fourth-order valence-corrected chi connectivity index (χ4v) is 1.34. The third-order valence-corrected chi connectivity index (χ3v) is 2.44. The maximum absolute atomic E-state index is 11.7. The van der Waals surface area contributed by atoms with Gasteiger partial charge in [0.25, 0.3) is 5.91 Å². The Morgan fingerprint density at radius 1 is 1.47 bits per heavy atom. The molecular weight excluding hydrogens is 246 g/mol. The maximum Gasteiger partial charge on any atom is 0.325 e. The second-order valence-corrected chi connectivity index (χ2v) is 3.79. The highest BCUT2D eigenvalue weighted by Gasteiger charge is 2.16. The average Bonchev–Trinajstić information content (AvgIpc) is 2.29. The van der Waals surface area contributed by atoms with Gasteiger partial charge in [0.05, 0.1) is 12.1 Å². The summed E-state index contributed by atoms with van der Waals surface area (Å²) in [5.74, 6) is -1.23. The molecule has 0 saturated carbocycles. The molecular formula is C11H12ClNO4. The Morgan fingerprint density at radius 2 is 2.12 bits per heavy atom. The van der Waals surface area contributed by atoms with Crippen LogP contribution in [0, 0.1) is 0 Å². The van der Waals surface area contributed by atoms with Crippen molar-refractivity contribution in [1.29, 1.82) is 0 Å². The van der Waals surface area contributed by atoms with E-state index in [0.29, 0.717) is 16.3 Å². The number of methoxy groups -OCH3 is 1. The SMILES string of the molecule is COc1cc(C(=O)NC(C)C(=O)O)ccc1Cl. The number of halogens is 1. The molecule has 2 N–H and O–H groups in total. The van der Waals surface area contributed by atoms with E-state index in [1.807, 2.05) is 0 Å². The molecule has 0 aliphatic heterocycles. The van der Waals surface area contributed by atoms with Gasteiger partial charge in [-0.15, -0.1) is 0 Å². The zero-order chi connectivity index (χ0) is 13.0. The first-order valence-corrected chi connectivity index (χ1v) is 5.20. The number of ether oxygens (including phenoxy) is 1. The van der Waals surface area contributed by atoms with Crippen molar-refractivity contribution in [3.63, 3.8) is 0 Å². The Morgan fingerprint density at radius 3 is 2.65 bits per heavy atom. The number of carboxylic acids is 1. The van der Waals surface area contributed by atoms with Crippen LogP contribution in [0.2, 0.25) is 5.02 Å². The largest absolute Gasteiger partial charge is 0.495 e. The minimum absolute atomic E-state index is 0.291. The van der Waals surface area contributed by atoms with Crippen LogP contribution in [0.1, 0.15) is 17.3 Å². The van der Waals surface area contributed by atoms with Gasteiger partial charge in [0.2, 0.25) is 0 Å². The van der Waals surface area contributed by atoms with Crippen molar-refractivity contribution in [1.82, 2.24) is 5.32 Å². The lowest BCUT2D eigenvalue weighted by Crippen LogP contribution is -2.38. The van der Waals surface area contributed by atoms with Gasteiger partial charge in [-0.05, 0) is 25.1 Å². The van der Waals surface area contributed by atoms with E-state index < -0.39 is 17.9 Å². The molecule has 1 unspecified atom stereocenters. The normalized spacial score (nSPS) is 11.7. The van der Waals surface area contributed by atoms with Crippen LogP contribution in [0.15, 0.2) is 18.2 Å². The first-order valence-electron chi connectivity index (χ1n) is 4.83. The zero-order valence-corrected chi connectivity index (χ0v) is 10.1. The second kappa shape index (κ2) is 5.54. The fourth-order valence-electron chi connectivity index (χ4n) is 1.14. The van der Waals surface area contributed by atoms with Crippen molar-refractivity contribution in [2.24, 2.45) is 0 Å². The van der Waals surface area contributed by atoms with Crippen molar-refractivity contribution in [2.75, 3.05) is 7.11 Å². The van der Waals surface area contributed by atoms with Crippen LogP contribution in [-0.2, 0) is 4.79 Å². The smallest absolute Gasteiger partial charge is 0.325 e. The Balaban J connectivity index is 2.86. The molecule has 5 nitrogen and oxygen atoms in total. The molecule has 0 saturated heterocycles. The van der Waals surface area contributed by atoms with E-state index in [0.717, 1.165) is 0 Å². The van der Waals surface area contributed by atoms with Crippen LogP contribution in [-0.4, -0.2) is 30.1 Å². The van der Waals surface area contributed by atoms with Gasteiger partial charge in [-0.25, -0.2) is 0 Å².